The Hall–Kier alpha value is -2.84. The SMILES string of the molecule is COc1cc(N2CCN(C(=O)CC[C@H](C)C(=O)NC(N)=O)CC2)c(C)cc1F. The monoisotopic (exact) mass is 394 g/mol. The number of nitrogens with two attached hydrogens (primary N) is 1. The molecule has 0 aromatic heterocycles. The van der Waals surface area contributed by atoms with Gasteiger partial charge in [-0.3, -0.25) is 14.9 Å². The standard InChI is InChI=1S/C19H27FN4O4/c1-12(18(26)22-19(21)27)4-5-17(25)24-8-6-23(7-9-24)15-11-16(28-3)14(20)10-13(15)2/h10-12H,4-9H2,1-3H3,(H3,21,22,26,27)/t12-/m0/s1. The van der Waals surface area contributed by atoms with E-state index >= 15 is 0 Å². The minimum atomic E-state index is -0.896. The van der Waals surface area contributed by atoms with Crippen LogP contribution in [-0.4, -0.2) is 56.0 Å². The van der Waals surface area contributed by atoms with Crippen molar-refractivity contribution in [2.24, 2.45) is 11.7 Å². The molecule has 3 N–H and O–H groups in total. The van der Waals surface area contributed by atoms with Crippen LogP contribution in [0, 0.1) is 18.7 Å². The summed E-state index contributed by atoms with van der Waals surface area (Å²) in [4.78, 5) is 38.7. The zero-order chi connectivity index (χ0) is 20.8. The number of rotatable bonds is 6. The fourth-order valence-electron chi connectivity index (χ4n) is 3.21. The Labute approximate surface area is 163 Å². The molecule has 0 aliphatic carbocycles. The average Bonchev–Trinajstić information content (AvgIpc) is 2.65. The summed E-state index contributed by atoms with van der Waals surface area (Å²) in [5, 5.41) is 2.02. The van der Waals surface area contributed by atoms with Crippen LogP contribution in [0.1, 0.15) is 25.3 Å². The Morgan fingerprint density at radius 1 is 1.25 bits per heavy atom. The van der Waals surface area contributed by atoms with E-state index in [9.17, 15) is 18.8 Å². The molecule has 0 spiro atoms. The number of amides is 4. The van der Waals surface area contributed by atoms with Crippen molar-refractivity contribution in [3.63, 3.8) is 0 Å². The molecule has 4 amide bonds. The maximum atomic E-state index is 13.8. The number of primary amides is 1. The second-order valence-corrected chi connectivity index (χ2v) is 6.93. The maximum Gasteiger partial charge on any atom is 0.318 e. The first-order chi connectivity index (χ1) is 13.2. The number of nitrogens with one attached hydrogen (secondary N) is 1. The van der Waals surface area contributed by atoms with Gasteiger partial charge in [-0.1, -0.05) is 6.92 Å². The smallest absolute Gasteiger partial charge is 0.318 e. The van der Waals surface area contributed by atoms with Gasteiger partial charge in [0.15, 0.2) is 11.6 Å². The molecule has 0 bridgehead atoms. The van der Waals surface area contributed by atoms with Gasteiger partial charge in [0.05, 0.1) is 7.11 Å². The summed E-state index contributed by atoms with van der Waals surface area (Å²) in [5.74, 6) is -1.20. The second kappa shape index (κ2) is 9.38. The molecule has 1 saturated heterocycles. The normalized spacial score (nSPS) is 15.1. The lowest BCUT2D eigenvalue weighted by atomic mass is 10.0. The average molecular weight is 394 g/mol. The molecule has 1 fully saturated rings. The zero-order valence-corrected chi connectivity index (χ0v) is 16.5. The number of hydrogen-bond donors (Lipinski definition) is 2. The molecule has 1 atom stereocenters. The minimum absolute atomic E-state index is 0.0354. The van der Waals surface area contributed by atoms with Crippen LogP contribution in [0.5, 0.6) is 5.75 Å². The number of halogens is 1. The van der Waals surface area contributed by atoms with E-state index in [1.165, 1.54) is 13.2 Å². The lowest BCUT2D eigenvalue weighted by Crippen LogP contribution is -2.49. The number of imide groups is 1. The van der Waals surface area contributed by atoms with Gasteiger partial charge in [0, 0.05) is 50.3 Å². The summed E-state index contributed by atoms with van der Waals surface area (Å²) in [5.41, 5.74) is 6.63. The number of ether oxygens (including phenoxy) is 1. The number of nitrogens with zero attached hydrogens (tertiary/aromatic N) is 2. The summed E-state index contributed by atoms with van der Waals surface area (Å²) < 4.78 is 18.9. The molecule has 0 unspecified atom stereocenters. The highest BCUT2D eigenvalue weighted by atomic mass is 19.1. The van der Waals surface area contributed by atoms with Crippen LogP contribution in [0.3, 0.4) is 0 Å². The predicted octanol–water partition coefficient (Wildman–Crippen LogP) is 1.40. The largest absolute Gasteiger partial charge is 0.494 e. The molecule has 1 aliphatic rings. The molecule has 1 heterocycles. The summed E-state index contributed by atoms with van der Waals surface area (Å²) in [6.07, 6.45) is 0.559. The van der Waals surface area contributed by atoms with Gasteiger partial charge < -0.3 is 20.3 Å². The molecule has 1 aliphatic heterocycles. The molecule has 28 heavy (non-hydrogen) atoms. The number of carbonyl (C=O) groups excluding carboxylic acids is 3. The number of benzene rings is 1. The Bertz CT molecular complexity index is 748. The first-order valence-electron chi connectivity index (χ1n) is 9.20. The van der Waals surface area contributed by atoms with E-state index in [0.29, 0.717) is 32.6 Å². The van der Waals surface area contributed by atoms with Crippen LogP contribution in [0.4, 0.5) is 14.9 Å². The number of aryl methyl sites for hydroxylation is 1. The fraction of sp³-hybridized carbons (Fsp3) is 0.526. The molecular formula is C19H27FN4O4. The third-order valence-corrected chi connectivity index (χ3v) is 4.93. The molecule has 8 nitrogen and oxygen atoms in total. The van der Waals surface area contributed by atoms with Crippen LogP contribution in [0.15, 0.2) is 12.1 Å². The summed E-state index contributed by atoms with van der Waals surface area (Å²) in [7, 11) is 1.43. The highest BCUT2D eigenvalue weighted by Gasteiger charge is 2.24. The van der Waals surface area contributed by atoms with Crippen molar-refractivity contribution in [3.8, 4) is 5.75 Å². The van der Waals surface area contributed by atoms with E-state index in [4.69, 9.17) is 10.5 Å². The Kier molecular flexibility index (Phi) is 7.19. The van der Waals surface area contributed by atoms with Crippen molar-refractivity contribution in [1.29, 1.82) is 0 Å². The number of methoxy groups -OCH3 is 1. The third kappa shape index (κ3) is 5.34. The van der Waals surface area contributed by atoms with Gasteiger partial charge in [-0.25, -0.2) is 9.18 Å². The molecular weight excluding hydrogens is 367 g/mol. The highest BCUT2D eigenvalue weighted by molar-refractivity contribution is 5.94. The second-order valence-electron chi connectivity index (χ2n) is 6.93. The van der Waals surface area contributed by atoms with E-state index in [1.54, 1.807) is 17.9 Å². The van der Waals surface area contributed by atoms with Gasteiger partial charge in [-0.2, -0.15) is 0 Å². The van der Waals surface area contributed by atoms with E-state index in [2.05, 4.69) is 4.90 Å². The molecule has 9 heteroatoms. The van der Waals surface area contributed by atoms with E-state index in [-0.39, 0.29) is 18.1 Å². The highest BCUT2D eigenvalue weighted by Crippen LogP contribution is 2.29. The molecule has 0 radical (unpaired) electrons. The van der Waals surface area contributed by atoms with Crippen molar-refractivity contribution < 1.29 is 23.5 Å². The maximum absolute atomic E-state index is 13.8. The van der Waals surface area contributed by atoms with Gasteiger partial charge in [-0.15, -0.1) is 0 Å². The summed E-state index contributed by atoms with van der Waals surface area (Å²) in [6.45, 7) is 5.82. The van der Waals surface area contributed by atoms with Crippen LogP contribution < -0.4 is 20.7 Å². The molecule has 0 saturated carbocycles. The summed E-state index contributed by atoms with van der Waals surface area (Å²) in [6, 6.07) is 2.23. The van der Waals surface area contributed by atoms with Gasteiger partial charge >= 0.3 is 6.03 Å². The zero-order valence-electron chi connectivity index (χ0n) is 16.5. The number of carbonyl (C=O) groups is 3. The first kappa shape index (κ1) is 21.5. The molecule has 2 rings (SSSR count). The van der Waals surface area contributed by atoms with Gasteiger partial charge in [0.25, 0.3) is 0 Å². The minimum Gasteiger partial charge on any atom is -0.494 e. The first-order valence-corrected chi connectivity index (χ1v) is 9.20. The number of anilines is 1. The molecule has 154 valence electrons. The number of piperazine rings is 1. The van der Waals surface area contributed by atoms with E-state index < -0.39 is 23.7 Å². The third-order valence-electron chi connectivity index (χ3n) is 4.93. The van der Waals surface area contributed by atoms with Crippen molar-refractivity contribution in [2.75, 3.05) is 38.2 Å². The number of hydrogen-bond acceptors (Lipinski definition) is 5. The Balaban J connectivity index is 1.87. The molecule has 1 aromatic rings. The van der Waals surface area contributed by atoms with E-state index in [1.807, 2.05) is 12.2 Å². The van der Waals surface area contributed by atoms with Crippen LogP contribution >= 0.6 is 0 Å². The fourth-order valence-corrected chi connectivity index (χ4v) is 3.21. The van der Waals surface area contributed by atoms with Crippen LogP contribution in [-0.2, 0) is 9.59 Å². The quantitative estimate of drug-likeness (QED) is 0.759. The van der Waals surface area contributed by atoms with Crippen molar-refractivity contribution in [3.05, 3.63) is 23.5 Å². The Morgan fingerprint density at radius 3 is 2.46 bits per heavy atom. The Morgan fingerprint density at radius 2 is 1.89 bits per heavy atom. The van der Waals surface area contributed by atoms with Gasteiger partial charge in [0.2, 0.25) is 11.8 Å². The molecule has 1 aromatic carbocycles. The van der Waals surface area contributed by atoms with Gasteiger partial charge in [0.1, 0.15) is 0 Å². The lowest BCUT2D eigenvalue weighted by Gasteiger charge is -2.37. The number of urea groups is 1. The van der Waals surface area contributed by atoms with E-state index in [0.717, 1.165) is 11.3 Å². The van der Waals surface area contributed by atoms with Crippen molar-refractivity contribution >= 4 is 23.5 Å². The van der Waals surface area contributed by atoms with Crippen LogP contribution in [0.25, 0.3) is 0 Å². The topological polar surface area (TPSA) is 105 Å². The lowest BCUT2D eigenvalue weighted by molar-refractivity contribution is -0.132. The van der Waals surface area contributed by atoms with Gasteiger partial charge in [-0.05, 0) is 25.0 Å². The van der Waals surface area contributed by atoms with Crippen molar-refractivity contribution in [2.45, 2.75) is 26.7 Å². The van der Waals surface area contributed by atoms with Crippen LogP contribution in [0.2, 0.25) is 0 Å². The predicted molar refractivity (Wildman–Crippen MR) is 103 cm³/mol. The van der Waals surface area contributed by atoms with Crippen molar-refractivity contribution in [1.82, 2.24) is 10.2 Å². The summed E-state index contributed by atoms with van der Waals surface area (Å²) >= 11 is 0.